The van der Waals surface area contributed by atoms with E-state index in [1.165, 1.54) is 205 Å². The summed E-state index contributed by atoms with van der Waals surface area (Å²) in [7, 11) is 0. The van der Waals surface area contributed by atoms with E-state index in [1.54, 1.807) is 0 Å². The van der Waals surface area contributed by atoms with Crippen LogP contribution in [0.2, 0.25) is 0 Å². The van der Waals surface area contributed by atoms with E-state index in [9.17, 15) is 0 Å². The van der Waals surface area contributed by atoms with Crippen molar-refractivity contribution in [1.29, 1.82) is 0 Å². The van der Waals surface area contributed by atoms with Crippen LogP contribution in [0.5, 0.6) is 0 Å². The van der Waals surface area contributed by atoms with Crippen molar-refractivity contribution in [3.8, 4) is 0 Å². The topological polar surface area (TPSA) is 9.23 Å². The quantitative estimate of drug-likeness (QED) is 0.0577. The van der Waals surface area contributed by atoms with Crippen LogP contribution in [0.25, 0.3) is 0 Å². The minimum absolute atomic E-state index is 0. The van der Waals surface area contributed by atoms with Crippen LogP contribution < -0.4 is 0 Å². The molecule has 0 aliphatic heterocycles. The van der Waals surface area contributed by atoms with Gasteiger partial charge in [0.25, 0.3) is 0 Å². The van der Waals surface area contributed by atoms with Crippen LogP contribution in [-0.4, -0.2) is 42.8 Å². The summed E-state index contributed by atoms with van der Waals surface area (Å²) in [5, 5.41) is 0. The van der Waals surface area contributed by atoms with E-state index in [2.05, 4.69) is 13.8 Å². The molecule has 0 saturated heterocycles. The molecule has 0 atom stereocenters. The molecule has 0 aliphatic carbocycles. The first-order valence-electron chi connectivity index (χ1n) is 18.0. The van der Waals surface area contributed by atoms with E-state index >= 15 is 0 Å². The molecule has 0 N–H and O–H groups in total. The first-order chi connectivity index (χ1) is 18.4. The predicted molar refractivity (Wildman–Crippen MR) is 176 cm³/mol. The van der Waals surface area contributed by atoms with Crippen molar-refractivity contribution in [1.82, 2.24) is 0 Å². The van der Waals surface area contributed by atoms with Crippen molar-refractivity contribution in [2.45, 2.75) is 219 Å². The van der Waals surface area contributed by atoms with Gasteiger partial charge in [-0.3, -0.25) is 0 Å². The smallest absolute Gasteiger partial charge is 0.0466 e. The maximum atomic E-state index is 5.87. The van der Waals surface area contributed by atoms with Crippen LogP contribution in [0.1, 0.15) is 219 Å². The fraction of sp³-hybridized carbons (Fsp3) is 1.00. The third-order valence-electron chi connectivity index (χ3n) is 8.28. The van der Waals surface area contributed by atoms with Crippen molar-refractivity contribution in [2.24, 2.45) is 0 Å². The molecule has 0 fully saturated rings. The van der Waals surface area contributed by atoms with Gasteiger partial charge < -0.3 is 4.74 Å². The van der Waals surface area contributed by atoms with Gasteiger partial charge in [0.1, 0.15) is 0 Å². The Morgan fingerprint density at radius 3 is 0.579 bits per heavy atom. The fourth-order valence-electron chi connectivity index (χ4n) is 5.61. The normalized spacial score (nSPS) is 11.2. The van der Waals surface area contributed by atoms with Gasteiger partial charge in [-0.2, -0.15) is 0 Å². The Balaban J connectivity index is 0. The van der Waals surface area contributed by atoms with Crippen LogP contribution in [0.4, 0.5) is 0 Å². The van der Waals surface area contributed by atoms with Crippen LogP contribution >= 0.6 is 0 Å². The third-order valence-corrected chi connectivity index (χ3v) is 8.28. The van der Waals surface area contributed by atoms with Crippen LogP contribution in [0, 0.1) is 0 Å². The Labute approximate surface area is 265 Å². The minimum Gasteiger partial charge on any atom is -0.381 e. The zero-order valence-corrected chi connectivity index (χ0v) is 29.4. The van der Waals surface area contributed by atoms with Crippen LogP contribution in [0.15, 0.2) is 0 Å². The Morgan fingerprint density at radius 2 is 0.395 bits per heavy atom. The van der Waals surface area contributed by atoms with E-state index < -0.39 is 0 Å². The van der Waals surface area contributed by atoms with Crippen molar-refractivity contribution >= 4 is 29.6 Å². The molecule has 0 aromatic rings. The Hall–Kier alpha value is 0.960. The maximum absolute atomic E-state index is 5.87. The maximum Gasteiger partial charge on any atom is 0.0466 e. The first-order valence-corrected chi connectivity index (χ1v) is 18.0. The van der Waals surface area contributed by atoms with Gasteiger partial charge in [0, 0.05) is 42.8 Å². The van der Waals surface area contributed by atoms with E-state index in [-0.39, 0.29) is 29.6 Å². The average molecular weight is 546 g/mol. The average Bonchev–Trinajstić information content (AvgIpc) is 2.91. The van der Waals surface area contributed by atoms with Crippen molar-refractivity contribution in [2.75, 3.05) is 13.2 Å². The van der Waals surface area contributed by atoms with Gasteiger partial charge in [-0.25, -0.2) is 0 Å². The van der Waals surface area contributed by atoms with Gasteiger partial charge in [-0.15, -0.1) is 0 Å². The summed E-state index contributed by atoms with van der Waals surface area (Å²) < 4.78 is 5.87. The fourth-order valence-corrected chi connectivity index (χ4v) is 5.61. The van der Waals surface area contributed by atoms with Gasteiger partial charge in [0.15, 0.2) is 0 Å². The van der Waals surface area contributed by atoms with Crippen LogP contribution in [0.3, 0.4) is 0 Å². The molecular formula is C36H74NaO. The molecule has 0 aromatic carbocycles. The summed E-state index contributed by atoms with van der Waals surface area (Å²) in [6.45, 7) is 6.60. The van der Waals surface area contributed by atoms with Gasteiger partial charge in [-0.1, -0.05) is 206 Å². The second-order valence-electron chi connectivity index (χ2n) is 12.2. The number of rotatable bonds is 34. The molecule has 0 saturated carbocycles. The third kappa shape index (κ3) is 39.1. The number of ether oxygens (including phenoxy) is 1. The van der Waals surface area contributed by atoms with Crippen molar-refractivity contribution in [3.05, 3.63) is 0 Å². The molecule has 0 rings (SSSR count). The molecule has 225 valence electrons. The number of hydrogen-bond acceptors (Lipinski definition) is 1. The Kier molecular flexibility index (Phi) is 43.4. The number of unbranched alkanes of at least 4 members (excludes halogenated alkanes) is 30. The summed E-state index contributed by atoms with van der Waals surface area (Å²) in [6, 6.07) is 0. The molecule has 0 amide bonds. The van der Waals surface area contributed by atoms with Gasteiger partial charge >= 0.3 is 0 Å². The summed E-state index contributed by atoms with van der Waals surface area (Å²) >= 11 is 0. The molecule has 0 unspecified atom stereocenters. The molecule has 2 heteroatoms. The van der Waals surface area contributed by atoms with E-state index in [0.717, 1.165) is 13.2 Å². The Morgan fingerprint density at radius 1 is 0.237 bits per heavy atom. The molecule has 0 heterocycles. The van der Waals surface area contributed by atoms with E-state index in [0.29, 0.717) is 0 Å². The molecule has 0 aromatic heterocycles. The minimum atomic E-state index is 0. The van der Waals surface area contributed by atoms with Crippen molar-refractivity contribution < 1.29 is 4.74 Å². The van der Waals surface area contributed by atoms with Crippen LogP contribution in [-0.2, 0) is 4.74 Å². The predicted octanol–water partition coefficient (Wildman–Crippen LogP) is 13.1. The molecule has 1 radical (unpaired) electrons. The summed E-state index contributed by atoms with van der Waals surface area (Å²) in [4.78, 5) is 0. The van der Waals surface area contributed by atoms with E-state index in [1.807, 2.05) is 0 Å². The first kappa shape index (κ1) is 41.1. The second-order valence-corrected chi connectivity index (χ2v) is 12.2. The van der Waals surface area contributed by atoms with Crippen molar-refractivity contribution in [3.63, 3.8) is 0 Å². The monoisotopic (exact) mass is 546 g/mol. The Bertz CT molecular complexity index is 338. The summed E-state index contributed by atoms with van der Waals surface area (Å²) in [5.41, 5.74) is 0. The zero-order chi connectivity index (χ0) is 26.7. The molecule has 38 heavy (non-hydrogen) atoms. The molecule has 0 bridgehead atoms. The van der Waals surface area contributed by atoms with Gasteiger partial charge in [0.05, 0.1) is 0 Å². The molecular weight excluding hydrogens is 471 g/mol. The summed E-state index contributed by atoms with van der Waals surface area (Å²) in [6.07, 6.45) is 46.0. The largest absolute Gasteiger partial charge is 0.381 e. The summed E-state index contributed by atoms with van der Waals surface area (Å²) in [5.74, 6) is 0. The molecule has 1 nitrogen and oxygen atoms in total. The standard InChI is InChI=1S/C36H74O.Na/c1-3-5-7-9-11-13-15-17-19-21-23-25-27-29-31-33-35-37-36-34-32-30-28-26-24-22-20-18-16-14-12-10-8-6-4-2;/h3-36H2,1-2H3;. The van der Waals surface area contributed by atoms with Gasteiger partial charge in [-0.05, 0) is 12.8 Å². The molecule has 0 spiro atoms. The number of hydrogen-bond donors (Lipinski definition) is 0. The SMILES string of the molecule is CCCCCCCCCCCCCCCCCCOCCCCCCCCCCCCCCCCCC.[Na]. The van der Waals surface area contributed by atoms with E-state index in [4.69, 9.17) is 4.74 Å². The zero-order valence-electron chi connectivity index (χ0n) is 27.4. The van der Waals surface area contributed by atoms with Gasteiger partial charge in [0.2, 0.25) is 0 Å². The second kappa shape index (κ2) is 40.1. The molecule has 0 aliphatic rings.